The van der Waals surface area contributed by atoms with Crippen molar-refractivity contribution in [2.75, 3.05) is 56.6 Å². The Hall–Kier alpha value is -2.75. The molecule has 2 aromatic rings. The SMILES string of the molecule is COc1c(N2CCN(CCNc3cn[nH]c(=O)c3)CC2)cccc1C(F)(F)F. The van der Waals surface area contributed by atoms with Gasteiger partial charge in [0.05, 0.1) is 30.2 Å². The largest absolute Gasteiger partial charge is 0.494 e. The van der Waals surface area contributed by atoms with Crippen molar-refractivity contribution in [1.82, 2.24) is 15.1 Å². The summed E-state index contributed by atoms with van der Waals surface area (Å²) in [7, 11) is 1.26. The third kappa shape index (κ3) is 4.75. The molecule has 3 rings (SSSR count). The van der Waals surface area contributed by atoms with Crippen LogP contribution in [0.15, 0.2) is 35.3 Å². The number of ether oxygens (including phenoxy) is 1. The maximum Gasteiger partial charge on any atom is 0.420 e. The van der Waals surface area contributed by atoms with Crippen LogP contribution in [0.2, 0.25) is 0 Å². The number of aromatic amines is 1. The number of hydrogen-bond acceptors (Lipinski definition) is 6. The zero-order valence-electron chi connectivity index (χ0n) is 15.4. The van der Waals surface area contributed by atoms with Crippen molar-refractivity contribution < 1.29 is 17.9 Å². The molecule has 10 heteroatoms. The van der Waals surface area contributed by atoms with Crippen LogP contribution in [0.25, 0.3) is 0 Å². The first-order valence-electron chi connectivity index (χ1n) is 8.88. The van der Waals surface area contributed by atoms with Crippen LogP contribution in [0, 0.1) is 0 Å². The average Bonchev–Trinajstić information content (AvgIpc) is 2.67. The third-order valence-electron chi connectivity index (χ3n) is 4.64. The molecule has 0 saturated carbocycles. The fraction of sp³-hybridized carbons (Fsp3) is 0.444. The number of aromatic nitrogens is 2. The number of methoxy groups -OCH3 is 1. The van der Waals surface area contributed by atoms with E-state index in [2.05, 4.69) is 20.4 Å². The fourth-order valence-corrected chi connectivity index (χ4v) is 3.26. The molecule has 2 N–H and O–H groups in total. The fourth-order valence-electron chi connectivity index (χ4n) is 3.26. The van der Waals surface area contributed by atoms with Gasteiger partial charge in [-0.1, -0.05) is 6.07 Å². The molecule has 0 unspecified atom stereocenters. The summed E-state index contributed by atoms with van der Waals surface area (Å²) >= 11 is 0. The predicted octanol–water partition coefficient (Wildman–Crippen LogP) is 2.03. The first kappa shape index (κ1) is 20.0. The van der Waals surface area contributed by atoms with E-state index in [1.165, 1.54) is 19.2 Å². The van der Waals surface area contributed by atoms with E-state index in [0.29, 0.717) is 44.1 Å². The number of benzene rings is 1. The summed E-state index contributed by atoms with van der Waals surface area (Å²) in [6, 6.07) is 5.54. The van der Waals surface area contributed by atoms with E-state index in [-0.39, 0.29) is 11.3 Å². The lowest BCUT2D eigenvalue weighted by Gasteiger charge is -2.37. The smallest absolute Gasteiger partial charge is 0.420 e. The molecule has 0 spiro atoms. The maximum atomic E-state index is 13.2. The van der Waals surface area contributed by atoms with Gasteiger partial charge in [0.25, 0.3) is 5.56 Å². The Morgan fingerprint density at radius 1 is 1.25 bits per heavy atom. The molecule has 0 atom stereocenters. The molecular weight excluding hydrogens is 375 g/mol. The van der Waals surface area contributed by atoms with Crippen molar-refractivity contribution in [1.29, 1.82) is 0 Å². The molecule has 0 amide bonds. The van der Waals surface area contributed by atoms with E-state index >= 15 is 0 Å². The highest BCUT2D eigenvalue weighted by atomic mass is 19.4. The minimum absolute atomic E-state index is 0.132. The van der Waals surface area contributed by atoms with Gasteiger partial charge in [0.15, 0.2) is 5.75 Å². The van der Waals surface area contributed by atoms with Crippen LogP contribution >= 0.6 is 0 Å². The minimum atomic E-state index is -4.46. The summed E-state index contributed by atoms with van der Waals surface area (Å²) < 4.78 is 44.7. The summed E-state index contributed by atoms with van der Waals surface area (Å²) in [6.07, 6.45) is -2.91. The summed E-state index contributed by atoms with van der Waals surface area (Å²) in [4.78, 5) is 15.3. The quantitative estimate of drug-likeness (QED) is 0.777. The summed E-state index contributed by atoms with van der Waals surface area (Å²) in [6.45, 7) is 4.02. The van der Waals surface area contributed by atoms with Crippen LogP contribution in [0.5, 0.6) is 5.75 Å². The molecule has 2 heterocycles. The first-order valence-corrected chi connectivity index (χ1v) is 8.88. The van der Waals surface area contributed by atoms with Crippen molar-refractivity contribution >= 4 is 11.4 Å². The second-order valence-electron chi connectivity index (χ2n) is 6.45. The van der Waals surface area contributed by atoms with E-state index in [1.54, 1.807) is 12.3 Å². The highest BCUT2D eigenvalue weighted by Crippen LogP contribution is 2.41. The molecule has 28 heavy (non-hydrogen) atoms. The zero-order chi connectivity index (χ0) is 20.1. The van der Waals surface area contributed by atoms with Crippen molar-refractivity contribution in [2.24, 2.45) is 0 Å². The second-order valence-corrected chi connectivity index (χ2v) is 6.45. The van der Waals surface area contributed by atoms with Crippen LogP contribution in [-0.4, -0.2) is 61.5 Å². The molecule has 152 valence electrons. The molecule has 7 nitrogen and oxygen atoms in total. The van der Waals surface area contributed by atoms with Gasteiger partial charge in [-0.15, -0.1) is 0 Å². The summed E-state index contributed by atoms with van der Waals surface area (Å²) in [5.41, 5.74) is 0.0833. The Labute approximate surface area is 160 Å². The van der Waals surface area contributed by atoms with E-state index < -0.39 is 11.7 Å². The molecule has 1 saturated heterocycles. The third-order valence-corrected chi connectivity index (χ3v) is 4.64. The van der Waals surface area contributed by atoms with Gasteiger partial charge in [-0.3, -0.25) is 9.69 Å². The number of nitrogens with zero attached hydrogens (tertiary/aromatic N) is 3. The van der Waals surface area contributed by atoms with Gasteiger partial charge in [0.1, 0.15) is 0 Å². The Morgan fingerprint density at radius 3 is 2.64 bits per heavy atom. The molecule has 1 aliphatic rings. The molecule has 0 aliphatic carbocycles. The number of H-pyrrole nitrogens is 1. The minimum Gasteiger partial charge on any atom is -0.494 e. The van der Waals surface area contributed by atoms with Gasteiger partial charge in [-0.2, -0.15) is 18.3 Å². The Bertz CT molecular complexity index is 848. The van der Waals surface area contributed by atoms with Crippen LogP contribution in [0.3, 0.4) is 0 Å². The zero-order valence-corrected chi connectivity index (χ0v) is 15.4. The number of para-hydroxylation sites is 1. The summed E-state index contributed by atoms with van der Waals surface area (Å²) in [5.74, 6) is -0.132. The first-order chi connectivity index (χ1) is 13.4. The Morgan fingerprint density at radius 2 is 2.00 bits per heavy atom. The van der Waals surface area contributed by atoms with Crippen molar-refractivity contribution in [3.8, 4) is 5.75 Å². The highest BCUT2D eigenvalue weighted by molar-refractivity contribution is 5.63. The predicted molar refractivity (Wildman–Crippen MR) is 100.0 cm³/mol. The van der Waals surface area contributed by atoms with Crippen LogP contribution < -0.4 is 20.5 Å². The molecule has 0 bridgehead atoms. The number of piperazine rings is 1. The molecule has 1 aliphatic heterocycles. The van der Waals surface area contributed by atoms with Gasteiger partial charge in [0, 0.05) is 45.3 Å². The van der Waals surface area contributed by atoms with Gasteiger partial charge in [0.2, 0.25) is 0 Å². The Balaban J connectivity index is 1.56. The summed E-state index contributed by atoms with van der Waals surface area (Å²) in [5, 5.41) is 9.17. The van der Waals surface area contributed by atoms with Crippen LogP contribution in [0.1, 0.15) is 5.56 Å². The van der Waals surface area contributed by atoms with Crippen LogP contribution in [-0.2, 0) is 6.18 Å². The average molecular weight is 397 g/mol. The molecular formula is C18H22F3N5O2. The molecule has 1 fully saturated rings. The maximum absolute atomic E-state index is 13.2. The van der Waals surface area contributed by atoms with E-state index in [0.717, 1.165) is 12.6 Å². The number of alkyl halides is 3. The van der Waals surface area contributed by atoms with Gasteiger partial charge in [-0.05, 0) is 12.1 Å². The topological polar surface area (TPSA) is 73.5 Å². The lowest BCUT2D eigenvalue weighted by atomic mass is 10.1. The van der Waals surface area contributed by atoms with E-state index in [1.807, 2.05) is 4.90 Å². The normalized spacial score (nSPS) is 15.5. The lowest BCUT2D eigenvalue weighted by molar-refractivity contribution is -0.138. The molecule has 0 radical (unpaired) electrons. The number of nitrogens with one attached hydrogen (secondary N) is 2. The molecule has 1 aromatic carbocycles. The van der Waals surface area contributed by atoms with Gasteiger partial charge < -0.3 is 15.0 Å². The van der Waals surface area contributed by atoms with Crippen LogP contribution in [0.4, 0.5) is 24.5 Å². The van der Waals surface area contributed by atoms with E-state index in [4.69, 9.17) is 4.74 Å². The highest BCUT2D eigenvalue weighted by Gasteiger charge is 2.36. The number of hydrogen-bond donors (Lipinski definition) is 2. The van der Waals surface area contributed by atoms with E-state index in [9.17, 15) is 18.0 Å². The van der Waals surface area contributed by atoms with Gasteiger partial charge >= 0.3 is 6.18 Å². The lowest BCUT2D eigenvalue weighted by Crippen LogP contribution is -2.47. The number of halogens is 3. The van der Waals surface area contributed by atoms with Crippen molar-refractivity contribution in [3.63, 3.8) is 0 Å². The monoisotopic (exact) mass is 397 g/mol. The standard InChI is InChI=1S/C18H22F3N5O2/c1-28-17-14(18(19,20)21)3-2-4-15(17)26-9-7-25(8-10-26)6-5-22-13-11-16(27)24-23-12-13/h2-4,11-12H,5-10H2,1H3,(H2,22,24,27). The molecule has 1 aromatic heterocycles. The Kier molecular flexibility index (Phi) is 6.08. The number of rotatable bonds is 6. The number of anilines is 2. The van der Waals surface area contributed by atoms with Crippen molar-refractivity contribution in [3.05, 3.63) is 46.4 Å². The van der Waals surface area contributed by atoms with Crippen molar-refractivity contribution in [2.45, 2.75) is 6.18 Å². The van der Waals surface area contributed by atoms with Gasteiger partial charge in [-0.25, -0.2) is 5.10 Å². The second kappa shape index (κ2) is 8.51.